The lowest BCUT2D eigenvalue weighted by molar-refractivity contribution is 0.342. The van der Waals surface area contributed by atoms with Crippen LogP contribution in [0.5, 0.6) is 0 Å². The van der Waals surface area contributed by atoms with Crippen molar-refractivity contribution in [2.24, 2.45) is 0 Å². The fourth-order valence-corrected chi connectivity index (χ4v) is 3.52. The van der Waals surface area contributed by atoms with E-state index in [4.69, 9.17) is 5.11 Å². The highest BCUT2D eigenvalue weighted by atomic mass is 16.2. The van der Waals surface area contributed by atoms with Crippen LogP contribution in [-0.2, 0) is 0 Å². The molecular weight excluding hydrogens is 436 g/mol. The first kappa shape index (κ1) is 30.9. The number of aliphatic hydroxyl groups is 1. The third-order valence-electron chi connectivity index (χ3n) is 5.81. The second-order valence-corrected chi connectivity index (χ2v) is 9.45. The minimum Gasteiger partial charge on any atom is -0.392 e. The number of hydrogen-bond acceptors (Lipinski definition) is 1. The van der Waals surface area contributed by atoms with Crippen molar-refractivity contribution in [3.8, 4) is 0 Å². The normalized spacial score (nSPS) is 18.1. The first-order valence-electron chi connectivity index (χ1n) is 13.0. The Morgan fingerprint density at radius 3 is 1.47 bits per heavy atom. The molecule has 36 heavy (non-hydrogen) atoms. The first-order chi connectivity index (χ1) is 17.3. The van der Waals surface area contributed by atoms with Gasteiger partial charge in [0.1, 0.15) is 0 Å². The lowest BCUT2D eigenvalue weighted by atomic mass is 9.92. The largest absolute Gasteiger partial charge is 0.392 e. The maximum Gasteiger partial charge on any atom is 0.0615 e. The molecule has 0 aliphatic heterocycles. The van der Waals surface area contributed by atoms with Gasteiger partial charge >= 0.3 is 0 Å². The Morgan fingerprint density at radius 1 is 0.583 bits per heavy atom. The molecule has 1 heteroatoms. The molecule has 1 rings (SSSR count). The van der Waals surface area contributed by atoms with E-state index in [9.17, 15) is 0 Å². The molecule has 1 aliphatic carbocycles. The summed E-state index contributed by atoms with van der Waals surface area (Å²) in [5.74, 6) is 0. The lowest BCUT2D eigenvalue weighted by Crippen LogP contribution is -1.94. The molecule has 0 amide bonds. The zero-order valence-corrected chi connectivity index (χ0v) is 23.3. The van der Waals surface area contributed by atoms with E-state index < -0.39 is 0 Å². The van der Waals surface area contributed by atoms with E-state index in [1.165, 1.54) is 53.5 Å². The van der Waals surface area contributed by atoms with Crippen molar-refractivity contribution >= 4 is 0 Å². The predicted octanol–water partition coefficient (Wildman–Crippen LogP) is 9.94. The maximum absolute atomic E-state index is 8.80. The molecular formula is C35H46O. The maximum atomic E-state index is 8.80. The smallest absolute Gasteiger partial charge is 0.0615 e. The summed E-state index contributed by atoms with van der Waals surface area (Å²) in [7, 11) is 0. The van der Waals surface area contributed by atoms with Gasteiger partial charge < -0.3 is 5.11 Å². The van der Waals surface area contributed by atoms with Gasteiger partial charge in [-0.3, -0.25) is 0 Å². The molecule has 0 aromatic carbocycles. The van der Waals surface area contributed by atoms with Gasteiger partial charge in [-0.2, -0.15) is 0 Å². The van der Waals surface area contributed by atoms with Crippen molar-refractivity contribution in [1.82, 2.24) is 0 Å². The summed E-state index contributed by atoms with van der Waals surface area (Å²) in [6.45, 7) is 12.8. The Bertz CT molecular complexity index is 1050. The van der Waals surface area contributed by atoms with Gasteiger partial charge in [0.15, 0.2) is 0 Å². The van der Waals surface area contributed by atoms with Crippen molar-refractivity contribution in [2.45, 2.75) is 67.2 Å². The van der Waals surface area contributed by atoms with Gasteiger partial charge in [0.05, 0.1) is 6.61 Å². The number of rotatable bonds is 12. The van der Waals surface area contributed by atoms with Crippen LogP contribution in [0.4, 0.5) is 0 Å². The Balaban J connectivity index is 2.54. The van der Waals surface area contributed by atoms with Crippen LogP contribution < -0.4 is 0 Å². The molecule has 1 nitrogen and oxygen atoms in total. The standard InChI is InChI=1S/C35H46O/c1-29(17-11-19-31(3)20-12-21-32(4)23-14-28-36)15-7-8-16-30(2)18-13-22-33(5)26-27-35-25-10-9-24-34(35)6/h7-8,11-23,26-27,36H,9-10,24-25,28H2,1-6H3/b8-7+,17-11+,18-13+,20-12+,23-14+,27-26+,29-15+,30-16+,31-19+,32-21+,33-22+. The molecule has 0 aromatic heterocycles. The second-order valence-electron chi connectivity index (χ2n) is 9.45. The monoisotopic (exact) mass is 482 g/mol. The number of allylic oxidation sites excluding steroid dienone is 23. The summed E-state index contributed by atoms with van der Waals surface area (Å²) < 4.78 is 0. The molecule has 0 unspecified atom stereocenters. The highest BCUT2D eigenvalue weighted by molar-refractivity contribution is 5.35. The topological polar surface area (TPSA) is 20.2 Å². The Labute approximate surface area is 221 Å². The van der Waals surface area contributed by atoms with Crippen molar-refractivity contribution in [3.05, 3.63) is 142 Å². The van der Waals surface area contributed by atoms with Crippen LogP contribution in [0, 0.1) is 0 Å². The molecule has 0 aromatic rings. The molecule has 0 heterocycles. The summed E-state index contributed by atoms with van der Waals surface area (Å²) >= 11 is 0. The quantitative estimate of drug-likeness (QED) is 0.274. The van der Waals surface area contributed by atoms with E-state index in [0.29, 0.717) is 0 Å². The summed E-state index contributed by atoms with van der Waals surface area (Å²) in [4.78, 5) is 0. The third-order valence-corrected chi connectivity index (χ3v) is 5.81. The highest BCUT2D eigenvalue weighted by Crippen LogP contribution is 2.25. The SMILES string of the molecule is CC1=C(/C=C/C(C)=C/C=C/C(C)=C/C=C/C=C(C)/C=C/C=C(C)/C=C/C=C(C)/C=C/CO)CCCC1. The van der Waals surface area contributed by atoms with E-state index in [-0.39, 0.29) is 6.61 Å². The first-order valence-corrected chi connectivity index (χ1v) is 13.0. The van der Waals surface area contributed by atoms with E-state index in [2.05, 4.69) is 114 Å². The van der Waals surface area contributed by atoms with Gasteiger partial charge in [-0.1, -0.05) is 137 Å². The average molecular weight is 483 g/mol. The Hall–Kier alpha value is -3.16. The zero-order chi connectivity index (χ0) is 26.6. The molecule has 0 radical (unpaired) electrons. The van der Waals surface area contributed by atoms with Gasteiger partial charge in [-0.15, -0.1) is 0 Å². The van der Waals surface area contributed by atoms with E-state index in [1.54, 1.807) is 11.6 Å². The average Bonchev–Trinajstić information content (AvgIpc) is 2.85. The Kier molecular flexibility index (Phi) is 16.4. The molecule has 192 valence electrons. The molecule has 0 spiro atoms. The molecule has 1 N–H and O–H groups in total. The predicted molar refractivity (Wildman–Crippen MR) is 162 cm³/mol. The van der Waals surface area contributed by atoms with Gasteiger partial charge in [0, 0.05) is 0 Å². The summed E-state index contributed by atoms with van der Waals surface area (Å²) in [6.07, 6.45) is 40.5. The summed E-state index contributed by atoms with van der Waals surface area (Å²) in [5.41, 5.74) is 9.04. The van der Waals surface area contributed by atoms with E-state index in [1.807, 2.05) is 25.2 Å². The van der Waals surface area contributed by atoms with Gasteiger partial charge in [-0.25, -0.2) is 0 Å². The van der Waals surface area contributed by atoms with Crippen molar-refractivity contribution < 1.29 is 5.11 Å². The Morgan fingerprint density at radius 2 is 1.00 bits per heavy atom. The fraction of sp³-hybridized carbons (Fsp3) is 0.314. The van der Waals surface area contributed by atoms with Crippen LogP contribution >= 0.6 is 0 Å². The van der Waals surface area contributed by atoms with Crippen LogP contribution in [0.15, 0.2) is 142 Å². The van der Waals surface area contributed by atoms with Crippen LogP contribution in [-0.4, -0.2) is 11.7 Å². The van der Waals surface area contributed by atoms with Gasteiger partial charge in [-0.05, 0) is 72.8 Å². The third kappa shape index (κ3) is 15.7. The summed E-state index contributed by atoms with van der Waals surface area (Å²) in [5, 5.41) is 8.80. The number of aliphatic hydroxyl groups excluding tert-OH is 1. The molecule has 0 saturated carbocycles. The minimum atomic E-state index is 0.0711. The molecule has 0 saturated heterocycles. The minimum absolute atomic E-state index is 0.0711. The van der Waals surface area contributed by atoms with Crippen LogP contribution in [0.1, 0.15) is 67.2 Å². The van der Waals surface area contributed by atoms with Crippen LogP contribution in [0.25, 0.3) is 0 Å². The molecule has 0 bridgehead atoms. The van der Waals surface area contributed by atoms with Gasteiger partial charge in [0.2, 0.25) is 0 Å². The molecule has 0 atom stereocenters. The van der Waals surface area contributed by atoms with Crippen molar-refractivity contribution in [2.75, 3.05) is 6.61 Å². The fourth-order valence-electron chi connectivity index (χ4n) is 3.52. The van der Waals surface area contributed by atoms with E-state index in [0.717, 1.165) is 5.57 Å². The van der Waals surface area contributed by atoms with Crippen molar-refractivity contribution in [3.63, 3.8) is 0 Å². The molecule has 1 aliphatic rings. The highest BCUT2D eigenvalue weighted by Gasteiger charge is 2.05. The second kappa shape index (κ2) is 19.1. The number of hydrogen-bond donors (Lipinski definition) is 1. The lowest BCUT2D eigenvalue weighted by Gasteiger charge is -2.14. The van der Waals surface area contributed by atoms with E-state index >= 15 is 0 Å². The van der Waals surface area contributed by atoms with Crippen LogP contribution in [0.3, 0.4) is 0 Å². The van der Waals surface area contributed by atoms with Crippen molar-refractivity contribution in [1.29, 1.82) is 0 Å². The molecule has 0 fully saturated rings. The van der Waals surface area contributed by atoms with Gasteiger partial charge in [0.25, 0.3) is 0 Å². The summed E-state index contributed by atoms with van der Waals surface area (Å²) in [6, 6.07) is 0. The zero-order valence-electron chi connectivity index (χ0n) is 23.3. The van der Waals surface area contributed by atoms with Crippen LogP contribution in [0.2, 0.25) is 0 Å².